The van der Waals surface area contributed by atoms with Crippen LogP contribution >= 0.6 is 0 Å². The zero-order valence-corrected chi connectivity index (χ0v) is 15.2. The van der Waals surface area contributed by atoms with Crippen LogP contribution in [0.15, 0.2) is 53.3 Å². The summed E-state index contributed by atoms with van der Waals surface area (Å²) in [5.41, 5.74) is 3.17. The van der Waals surface area contributed by atoms with Gasteiger partial charge in [-0.25, -0.2) is 4.98 Å². The van der Waals surface area contributed by atoms with Crippen LogP contribution in [0.25, 0.3) is 10.9 Å². The van der Waals surface area contributed by atoms with Crippen molar-refractivity contribution in [2.45, 2.75) is 13.1 Å². The van der Waals surface area contributed by atoms with Crippen molar-refractivity contribution < 1.29 is 0 Å². The van der Waals surface area contributed by atoms with Crippen molar-refractivity contribution in [2.75, 3.05) is 26.0 Å². The summed E-state index contributed by atoms with van der Waals surface area (Å²) in [7, 11) is 7.91. The largest absolute Gasteiger partial charge is 0.378 e. The van der Waals surface area contributed by atoms with Gasteiger partial charge in [-0.3, -0.25) is 14.3 Å². The highest BCUT2D eigenvalue weighted by molar-refractivity contribution is 5.77. The highest BCUT2D eigenvalue weighted by atomic mass is 16.1. The summed E-state index contributed by atoms with van der Waals surface area (Å²) in [6, 6.07) is 16.0. The van der Waals surface area contributed by atoms with E-state index in [9.17, 15) is 4.79 Å². The molecule has 0 amide bonds. The van der Waals surface area contributed by atoms with Crippen LogP contribution in [0.4, 0.5) is 5.69 Å². The van der Waals surface area contributed by atoms with Crippen LogP contribution in [0.1, 0.15) is 11.4 Å². The van der Waals surface area contributed by atoms with E-state index in [0.717, 1.165) is 17.9 Å². The van der Waals surface area contributed by atoms with Gasteiger partial charge in [0.1, 0.15) is 5.82 Å². The summed E-state index contributed by atoms with van der Waals surface area (Å²) >= 11 is 0. The van der Waals surface area contributed by atoms with Crippen molar-refractivity contribution in [3.63, 3.8) is 0 Å². The third-order valence-electron chi connectivity index (χ3n) is 4.37. The highest BCUT2D eigenvalue weighted by Gasteiger charge is 2.10. The second-order valence-corrected chi connectivity index (χ2v) is 6.65. The molecule has 0 N–H and O–H groups in total. The normalized spacial score (nSPS) is 11.2. The molecule has 2 aromatic carbocycles. The van der Waals surface area contributed by atoms with Crippen LogP contribution in [0.5, 0.6) is 0 Å². The van der Waals surface area contributed by atoms with Crippen LogP contribution in [-0.2, 0) is 20.1 Å². The quantitative estimate of drug-likeness (QED) is 0.718. The molecule has 3 aromatic rings. The summed E-state index contributed by atoms with van der Waals surface area (Å²) in [6.45, 7) is 1.41. The van der Waals surface area contributed by atoms with Gasteiger partial charge in [0.05, 0.1) is 17.4 Å². The molecule has 0 spiro atoms. The first-order chi connectivity index (χ1) is 12.0. The maximum Gasteiger partial charge on any atom is 0.261 e. The smallest absolute Gasteiger partial charge is 0.261 e. The minimum absolute atomic E-state index is 0.00334. The van der Waals surface area contributed by atoms with Crippen LogP contribution in [0, 0.1) is 0 Å². The Hall–Kier alpha value is -2.66. The molecule has 0 saturated heterocycles. The molecule has 0 saturated carbocycles. The number of benzene rings is 2. The summed E-state index contributed by atoms with van der Waals surface area (Å²) in [6.07, 6.45) is 0. The van der Waals surface area contributed by atoms with E-state index in [2.05, 4.69) is 39.0 Å². The molecule has 0 unspecified atom stereocenters. The van der Waals surface area contributed by atoms with Crippen LogP contribution in [0.3, 0.4) is 0 Å². The molecule has 0 fully saturated rings. The van der Waals surface area contributed by atoms with E-state index < -0.39 is 0 Å². The van der Waals surface area contributed by atoms with E-state index in [4.69, 9.17) is 0 Å². The molecular formula is C20H24N4O. The van der Waals surface area contributed by atoms with Gasteiger partial charge in [-0.2, -0.15) is 0 Å². The first-order valence-corrected chi connectivity index (χ1v) is 8.35. The second kappa shape index (κ2) is 7.07. The van der Waals surface area contributed by atoms with Gasteiger partial charge in [0.2, 0.25) is 0 Å². The summed E-state index contributed by atoms with van der Waals surface area (Å²) in [4.78, 5) is 21.5. The van der Waals surface area contributed by atoms with E-state index in [1.54, 1.807) is 11.6 Å². The molecule has 5 nitrogen and oxygen atoms in total. The number of rotatable bonds is 5. The molecule has 25 heavy (non-hydrogen) atoms. The maximum absolute atomic E-state index is 12.5. The third kappa shape index (κ3) is 3.72. The number of nitrogens with zero attached hydrogens (tertiary/aromatic N) is 4. The zero-order chi connectivity index (χ0) is 18.0. The van der Waals surface area contributed by atoms with Crippen LogP contribution in [-0.4, -0.2) is 35.6 Å². The number of fused-ring (bicyclic) bond motifs is 1. The lowest BCUT2D eigenvalue weighted by atomic mass is 10.2. The summed E-state index contributed by atoms with van der Waals surface area (Å²) in [5, 5.41) is 0.662. The highest BCUT2D eigenvalue weighted by Crippen LogP contribution is 2.15. The SMILES string of the molecule is CN(Cc1cccc(N(C)C)c1)Cc1nc2ccccc2c(=O)n1C. The van der Waals surface area contributed by atoms with Gasteiger partial charge < -0.3 is 4.90 Å². The van der Waals surface area contributed by atoms with E-state index in [1.165, 1.54) is 11.3 Å². The Balaban J connectivity index is 1.82. The molecule has 1 aromatic heterocycles. The Morgan fingerprint density at radius 3 is 2.52 bits per heavy atom. The number of anilines is 1. The van der Waals surface area contributed by atoms with Gasteiger partial charge in [-0.1, -0.05) is 24.3 Å². The standard InChI is InChI=1S/C20H24N4O/c1-22(2)16-9-7-8-15(12-16)13-23(3)14-19-21-18-11-6-5-10-17(18)20(25)24(19)4/h5-12H,13-14H2,1-4H3. The Bertz CT molecular complexity index is 946. The van der Waals surface area contributed by atoms with Crippen LogP contribution < -0.4 is 10.5 Å². The average molecular weight is 336 g/mol. The molecule has 0 radical (unpaired) electrons. The number of hydrogen-bond donors (Lipinski definition) is 0. The Morgan fingerprint density at radius 1 is 1.00 bits per heavy atom. The van der Waals surface area contributed by atoms with Gasteiger partial charge in [-0.15, -0.1) is 0 Å². The van der Waals surface area contributed by atoms with E-state index in [1.807, 2.05) is 45.4 Å². The lowest BCUT2D eigenvalue weighted by Crippen LogP contribution is -2.27. The van der Waals surface area contributed by atoms with Crippen molar-refractivity contribution in [3.05, 3.63) is 70.3 Å². The molecule has 0 aliphatic carbocycles. The topological polar surface area (TPSA) is 41.4 Å². The fraction of sp³-hybridized carbons (Fsp3) is 0.300. The first kappa shape index (κ1) is 17.2. The monoisotopic (exact) mass is 336 g/mol. The third-order valence-corrected chi connectivity index (χ3v) is 4.37. The zero-order valence-electron chi connectivity index (χ0n) is 15.2. The Labute approximate surface area is 148 Å². The van der Waals surface area contributed by atoms with Crippen molar-refractivity contribution in [1.82, 2.24) is 14.5 Å². The lowest BCUT2D eigenvalue weighted by Gasteiger charge is -2.20. The van der Waals surface area contributed by atoms with Crippen molar-refractivity contribution in [3.8, 4) is 0 Å². The minimum Gasteiger partial charge on any atom is -0.378 e. The fourth-order valence-electron chi connectivity index (χ4n) is 2.95. The van der Waals surface area contributed by atoms with Gasteiger partial charge >= 0.3 is 0 Å². The molecular weight excluding hydrogens is 312 g/mol. The van der Waals surface area contributed by atoms with Gasteiger partial charge in [0.25, 0.3) is 5.56 Å². The molecule has 0 aliphatic heterocycles. The fourth-order valence-corrected chi connectivity index (χ4v) is 2.95. The van der Waals surface area contributed by atoms with Gasteiger partial charge in [-0.05, 0) is 36.9 Å². The lowest BCUT2D eigenvalue weighted by molar-refractivity contribution is 0.305. The molecule has 1 heterocycles. The van der Waals surface area contributed by atoms with Gasteiger partial charge in [0.15, 0.2) is 0 Å². The molecule has 0 atom stereocenters. The Morgan fingerprint density at radius 2 is 1.76 bits per heavy atom. The summed E-state index contributed by atoms with van der Waals surface area (Å²) in [5.74, 6) is 0.773. The van der Waals surface area contributed by atoms with E-state index in [0.29, 0.717) is 11.9 Å². The van der Waals surface area contributed by atoms with E-state index >= 15 is 0 Å². The van der Waals surface area contributed by atoms with Crippen molar-refractivity contribution >= 4 is 16.6 Å². The molecule has 3 rings (SSSR count). The predicted octanol–water partition coefficient (Wildman–Crippen LogP) is 2.63. The number of para-hydroxylation sites is 1. The molecule has 5 heteroatoms. The van der Waals surface area contributed by atoms with E-state index in [-0.39, 0.29) is 5.56 Å². The van der Waals surface area contributed by atoms with Gasteiger partial charge in [0, 0.05) is 33.4 Å². The Kier molecular flexibility index (Phi) is 4.86. The molecule has 130 valence electrons. The van der Waals surface area contributed by atoms with Crippen molar-refractivity contribution in [2.24, 2.45) is 7.05 Å². The predicted molar refractivity (Wildman–Crippen MR) is 103 cm³/mol. The van der Waals surface area contributed by atoms with Crippen LogP contribution in [0.2, 0.25) is 0 Å². The minimum atomic E-state index is 0.00334. The summed E-state index contributed by atoms with van der Waals surface area (Å²) < 4.78 is 1.65. The maximum atomic E-state index is 12.5. The first-order valence-electron chi connectivity index (χ1n) is 8.35. The van der Waals surface area contributed by atoms with Crippen molar-refractivity contribution in [1.29, 1.82) is 0 Å². The second-order valence-electron chi connectivity index (χ2n) is 6.65. The molecule has 0 aliphatic rings. The average Bonchev–Trinajstić information content (AvgIpc) is 2.59. The molecule has 0 bridgehead atoms. The number of aromatic nitrogens is 2. The number of hydrogen-bond acceptors (Lipinski definition) is 4.